The van der Waals surface area contributed by atoms with Crippen LogP contribution in [0.5, 0.6) is 5.75 Å². The molecular weight excluding hydrogens is 330 g/mol. The lowest BCUT2D eigenvalue weighted by atomic mass is 10.1. The average Bonchev–Trinajstić information content (AvgIpc) is 2.52. The summed E-state index contributed by atoms with van der Waals surface area (Å²) in [4.78, 5) is 12.0. The predicted octanol–water partition coefficient (Wildman–Crippen LogP) is 4.71. The van der Waals surface area contributed by atoms with E-state index < -0.39 is 0 Å². The lowest BCUT2D eigenvalue weighted by Gasteiger charge is -2.11. The van der Waals surface area contributed by atoms with E-state index in [9.17, 15) is 4.79 Å². The summed E-state index contributed by atoms with van der Waals surface area (Å²) >= 11 is 7.37. The fraction of sp³-hybridized carbons (Fsp3) is 0.278. The molecule has 0 heterocycles. The molecule has 0 aliphatic rings. The lowest BCUT2D eigenvalue weighted by molar-refractivity contribution is -0.113. The molecule has 1 amide bonds. The van der Waals surface area contributed by atoms with Crippen LogP contribution in [-0.2, 0) is 4.79 Å². The van der Waals surface area contributed by atoms with E-state index in [0.29, 0.717) is 17.4 Å². The van der Waals surface area contributed by atoms with Gasteiger partial charge in [0.25, 0.3) is 0 Å². The van der Waals surface area contributed by atoms with Crippen LogP contribution in [0.25, 0.3) is 0 Å². The zero-order valence-electron chi connectivity index (χ0n) is 13.3. The Morgan fingerprint density at radius 3 is 2.43 bits per heavy atom. The Labute approximate surface area is 146 Å². The number of para-hydroxylation sites is 1. The molecule has 0 spiro atoms. The van der Waals surface area contributed by atoms with Crippen LogP contribution >= 0.6 is 23.4 Å². The summed E-state index contributed by atoms with van der Waals surface area (Å²) in [5.74, 6) is 1.97. The molecular formula is C18H20ClNO2S. The molecule has 0 unspecified atom stereocenters. The highest BCUT2D eigenvalue weighted by Gasteiger charge is 2.07. The molecule has 0 saturated heterocycles. The Kier molecular flexibility index (Phi) is 6.81. The van der Waals surface area contributed by atoms with Gasteiger partial charge in [-0.25, -0.2) is 0 Å². The van der Waals surface area contributed by atoms with E-state index in [-0.39, 0.29) is 5.91 Å². The molecule has 122 valence electrons. The van der Waals surface area contributed by atoms with Crippen LogP contribution in [0.15, 0.2) is 42.5 Å². The molecule has 0 aliphatic heterocycles. The first-order valence-electron chi connectivity index (χ1n) is 7.38. The van der Waals surface area contributed by atoms with E-state index >= 15 is 0 Å². The van der Waals surface area contributed by atoms with Gasteiger partial charge in [0.05, 0.1) is 12.4 Å². The smallest absolute Gasteiger partial charge is 0.234 e. The molecule has 2 aromatic rings. The largest absolute Gasteiger partial charge is 0.493 e. The van der Waals surface area contributed by atoms with Gasteiger partial charge >= 0.3 is 0 Å². The second-order valence-electron chi connectivity index (χ2n) is 5.17. The highest BCUT2D eigenvalue weighted by atomic mass is 35.5. The first-order chi connectivity index (χ1) is 11.1. The molecule has 5 heteroatoms. The minimum Gasteiger partial charge on any atom is -0.493 e. The van der Waals surface area contributed by atoms with Crippen LogP contribution in [0.2, 0.25) is 5.02 Å². The van der Waals surface area contributed by atoms with Crippen molar-refractivity contribution in [1.29, 1.82) is 0 Å². The van der Waals surface area contributed by atoms with Crippen molar-refractivity contribution in [2.75, 3.05) is 23.4 Å². The van der Waals surface area contributed by atoms with Gasteiger partial charge in [0.2, 0.25) is 5.91 Å². The van der Waals surface area contributed by atoms with Gasteiger partial charge in [-0.15, -0.1) is 11.8 Å². The van der Waals surface area contributed by atoms with Crippen LogP contribution in [0.3, 0.4) is 0 Å². The summed E-state index contributed by atoms with van der Waals surface area (Å²) < 4.78 is 5.59. The Bertz CT molecular complexity index is 638. The van der Waals surface area contributed by atoms with Crippen molar-refractivity contribution < 1.29 is 9.53 Å². The standard InChI is InChI=1S/C18H20ClNO2S/c1-13-4-3-5-14(2)18(13)20-17(21)12-23-11-10-22-16-8-6-15(19)7-9-16/h3-9H,10-12H2,1-2H3,(H,20,21). The van der Waals surface area contributed by atoms with E-state index in [2.05, 4.69) is 5.32 Å². The Morgan fingerprint density at radius 2 is 1.78 bits per heavy atom. The van der Waals surface area contributed by atoms with Crippen molar-refractivity contribution in [3.8, 4) is 5.75 Å². The monoisotopic (exact) mass is 349 g/mol. The van der Waals surface area contributed by atoms with E-state index in [1.807, 2.05) is 44.2 Å². The molecule has 2 rings (SSSR count). The number of aryl methyl sites for hydroxylation is 2. The maximum absolute atomic E-state index is 12.0. The first-order valence-corrected chi connectivity index (χ1v) is 8.91. The molecule has 0 atom stereocenters. The number of ether oxygens (including phenoxy) is 1. The molecule has 23 heavy (non-hydrogen) atoms. The van der Waals surface area contributed by atoms with Gasteiger partial charge < -0.3 is 10.1 Å². The first kappa shape index (κ1) is 17.7. The Morgan fingerprint density at radius 1 is 1.13 bits per heavy atom. The quantitative estimate of drug-likeness (QED) is 0.736. The molecule has 0 saturated carbocycles. The van der Waals surface area contributed by atoms with E-state index in [4.69, 9.17) is 16.3 Å². The van der Waals surface area contributed by atoms with Crippen molar-refractivity contribution in [3.63, 3.8) is 0 Å². The molecule has 2 aromatic carbocycles. The second kappa shape index (κ2) is 8.85. The van der Waals surface area contributed by atoms with Crippen LogP contribution in [0.1, 0.15) is 11.1 Å². The lowest BCUT2D eigenvalue weighted by Crippen LogP contribution is -2.16. The summed E-state index contributed by atoms with van der Waals surface area (Å²) in [6.07, 6.45) is 0. The summed E-state index contributed by atoms with van der Waals surface area (Å²) in [6, 6.07) is 13.2. The number of anilines is 1. The maximum Gasteiger partial charge on any atom is 0.234 e. The molecule has 1 N–H and O–H groups in total. The number of carbonyl (C=O) groups is 1. The average molecular weight is 350 g/mol. The van der Waals surface area contributed by atoms with Crippen molar-refractivity contribution in [2.45, 2.75) is 13.8 Å². The van der Waals surface area contributed by atoms with Gasteiger partial charge in [-0.2, -0.15) is 0 Å². The van der Waals surface area contributed by atoms with Crippen molar-refractivity contribution in [1.82, 2.24) is 0 Å². The minimum atomic E-state index is 0.0129. The van der Waals surface area contributed by atoms with Gasteiger partial charge in [-0.1, -0.05) is 29.8 Å². The number of hydrogen-bond acceptors (Lipinski definition) is 3. The molecule has 3 nitrogen and oxygen atoms in total. The number of hydrogen-bond donors (Lipinski definition) is 1. The zero-order chi connectivity index (χ0) is 16.7. The number of amides is 1. The number of halogens is 1. The van der Waals surface area contributed by atoms with Crippen molar-refractivity contribution >= 4 is 35.0 Å². The number of benzene rings is 2. The number of rotatable bonds is 7. The molecule has 0 bridgehead atoms. The third kappa shape index (κ3) is 5.81. The predicted molar refractivity (Wildman–Crippen MR) is 98.8 cm³/mol. The van der Waals surface area contributed by atoms with Gasteiger partial charge in [-0.3, -0.25) is 4.79 Å². The SMILES string of the molecule is Cc1cccc(C)c1NC(=O)CSCCOc1ccc(Cl)cc1. The molecule has 0 aromatic heterocycles. The van der Waals surface area contributed by atoms with Gasteiger partial charge in [0.15, 0.2) is 0 Å². The van der Waals surface area contributed by atoms with E-state index in [0.717, 1.165) is 28.3 Å². The highest BCUT2D eigenvalue weighted by molar-refractivity contribution is 7.99. The fourth-order valence-corrected chi connectivity index (χ4v) is 2.83. The van der Waals surface area contributed by atoms with E-state index in [1.54, 1.807) is 23.9 Å². The number of nitrogens with one attached hydrogen (secondary N) is 1. The summed E-state index contributed by atoms with van der Waals surface area (Å²) in [5, 5.41) is 3.67. The maximum atomic E-state index is 12.0. The Balaban J connectivity index is 1.68. The third-order valence-electron chi connectivity index (χ3n) is 3.29. The minimum absolute atomic E-state index is 0.0129. The molecule has 0 radical (unpaired) electrons. The Hall–Kier alpha value is -1.65. The van der Waals surface area contributed by atoms with Crippen LogP contribution in [0.4, 0.5) is 5.69 Å². The number of carbonyl (C=O) groups excluding carboxylic acids is 1. The van der Waals surface area contributed by atoms with Crippen LogP contribution < -0.4 is 10.1 Å². The van der Waals surface area contributed by atoms with Crippen molar-refractivity contribution in [2.24, 2.45) is 0 Å². The zero-order valence-corrected chi connectivity index (χ0v) is 14.8. The van der Waals surface area contributed by atoms with Crippen molar-refractivity contribution in [3.05, 3.63) is 58.6 Å². The normalized spacial score (nSPS) is 10.4. The third-order valence-corrected chi connectivity index (χ3v) is 4.46. The molecule has 0 aliphatic carbocycles. The van der Waals surface area contributed by atoms with E-state index in [1.165, 1.54) is 0 Å². The molecule has 0 fully saturated rings. The summed E-state index contributed by atoms with van der Waals surface area (Å²) in [5.41, 5.74) is 3.07. The second-order valence-corrected chi connectivity index (χ2v) is 6.71. The summed E-state index contributed by atoms with van der Waals surface area (Å²) in [6.45, 7) is 4.55. The summed E-state index contributed by atoms with van der Waals surface area (Å²) in [7, 11) is 0. The van der Waals surface area contributed by atoms with Crippen LogP contribution in [0, 0.1) is 13.8 Å². The van der Waals surface area contributed by atoms with Gasteiger partial charge in [0, 0.05) is 16.5 Å². The topological polar surface area (TPSA) is 38.3 Å². The van der Waals surface area contributed by atoms with Gasteiger partial charge in [0.1, 0.15) is 5.75 Å². The van der Waals surface area contributed by atoms with Crippen LogP contribution in [-0.4, -0.2) is 24.0 Å². The fourth-order valence-electron chi connectivity index (χ4n) is 2.10. The van der Waals surface area contributed by atoms with Gasteiger partial charge in [-0.05, 0) is 49.2 Å². The number of thioether (sulfide) groups is 1. The highest BCUT2D eigenvalue weighted by Crippen LogP contribution is 2.20.